The summed E-state index contributed by atoms with van der Waals surface area (Å²) in [6, 6.07) is 0. The van der Waals surface area contributed by atoms with E-state index in [9.17, 15) is 4.79 Å². The molecule has 0 unspecified atom stereocenters. The summed E-state index contributed by atoms with van der Waals surface area (Å²) >= 11 is 0. The molecule has 6 heavy (non-hydrogen) atoms. The lowest BCUT2D eigenvalue weighted by molar-refractivity contribution is -0.116. The number of amides is 1. The van der Waals surface area contributed by atoms with Crippen molar-refractivity contribution in [3.8, 4) is 0 Å². The summed E-state index contributed by atoms with van der Waals surface area (Å²) in [6.07, 6.45) is 0.212. The Hall–Kier alpha value is -0.660. The minimum absolute atomic E-state index is 0.212. The van der Waals surface area contributed by atoms with E-state index in [1.54, 1.807) is 0 Å². The van der Waals surface area contributed by atoms with Gasteiger partial charge in [-0.2, -0.15) is 0 Å². The molecule has 0 saturated heterocycles. The fraction of sp³-hybridized carbons (Fsp3) is 0.250. The van der Waals surface area contributed by atoms with Gasteiger partial charge in [0.15, 0.2) is 0 Å². The molecule has 0 aromatic heterocycles. The van der Waals surface area contributed by atoms with E-state index < -0.39 is 0 Å². The molecule has 0 atom stereocenters. The fourth-order valence-electron chi connectivity index (χ4n) is 0.0791. The minimum atomic E-state index is -0.255. The maximum absolute atomic E-state index is 9.89. The third-order valence-corrected chi connectivity index (χ3v) is 0.390. The summed E-state index contributed by atoms with van der Waals surface area (Å²) < 4.78 is 0. The van der Waals surface area contributed by atoms with Crippen LogP contribution in [0.15, 0.2) is 4.99 Å². The van der Waals surface area contributed by atoms with E-state index in [1.807, 2.05) is 0 Å². The Kier molecular flexibility index (Phi) is 2.29. The first-order chi connectivity index (χ1) is 2.81. The lowest BCUT2D eigenvalue weighted by atomic mass is 10.5. The Morgan fingerprint density at radius 1 is 1.83 bits per heavy atom. The molecular weight excluding hydrogens is 78.0 g/mol. The number of nitrogens with zero attached hydrogens (tertiary/aromatic N) is 1. The first-order valence-corrected chi connectivity index (χ1v) is 1.60. The predicted octanol–water partition coefficient (Wildman–Crippen LogP) is 0.438. The van der Waals surface area contributed by atoms with Crippen molar-refractivity contribution in [3.05, 3.63) is 6.92 Å². The van der Waals surface area contributed by atoms with Crippen molar-refractivity contribution in [1.82, 2.24) is 0 Å². The van der Waals surface area contributed by atoms with Crippen molar-refractivity contribution < 1.29 is 4.79 Å². The SMILES string of the molecule is [CH2]CC(=O)N=C. The molecule has 0 heterocycles. The Morgan fingerprint density at radius 2 is 2.33 bits per heavy atom. The summed E-state index contributed by atoms with van der Waals surface area (Å²) in [6.45, 7) is 6.27. The second-order valence-corrected chi connectivity index (χ2v) is 0.802. The first-order valence-electron chi connectivity index (χ1n) is 1.60. The molecular formula is C4H6NO. The van der Waals surface area contributed by atoms with Crippen LogP contribution in [-0.4, -0.2) is 12.6 Å². The van der Waals surface area contributed by atoms with Crippen LogP contribution in [0.1, 0.15) is 6.42 Å². The first kappa shape index (κ1) is 5.34. The molecule has 0 aromatic carbocycles. The standard InChI is InChI=1S/C4H6NO/c1-3-4(6)5-2/h1-3H2. The largest absolute Gasteiger partial charge is 0.273 e. The maximum Gasteiger partial charge on any atom is 0.245 e. The van der Waals surface area contributed by atoms with E-state index in [0.29, 0.717) is 0 Å². The zero-order valence-corrected chi connectivity index (χ0v) is 3.48. The molecule has 0 bridgehead atoms. The molecule has 33 valence electrons. The zero-order valence-electron chi connectivity index (χ0n) is 3.48. The van der Waals surface area contributed by atoms with E-state index in [0.717, 1.165) is 0 Å². The monoisotopic (exact) mass is 84.0 g/mol. The van der Waals surface area contributed by atoms with E-state index in [2.05, 4.69) is 18.6 Å². The summed E-state index contributed by atoms with van der Waals surface area (Å²) in [7, 11) is 0. The number of carbonyl (C=O) groups is 1. The highest BCUT2D eigenvalue weighted by molar-refractivity contribution is 5.80. The topological polar surface area (TPSA) is 29.4 Å². The third kappa shape index (κ3) is 1.64. The molecule has 0 saturated carbocycles. The Labute approximate surface area is 36.9 Å². The van der Waals surface area contributed by atoms with Gasteiger partial charge >= 0.3 is 0 Å². The van der Waals surface area contributed by atoms with Gasteiger partial charge in [-0.05, 0) is 13.6 Å². The molecule has 0 aliphatic carbocycles. The maximum atomic E-state index is 9.89. The van der Waals surface area contributed by atoms with Gasteiger partial charge in [0.25, 0.3) is 0 Å². The summed E-state index contributed by atoms with van der Waals surface area (Å²) in [5.74, 6) is -0.255. The molecule has 2 heteroatoms. The van der Waals surface area contributed by atoms with Gasteiger partial charge in [0.1, 0.15) is 0 Å². The second kappa shape index (κ2) is 2.57. The van der Waals surface area contributed by atoms with E-state index in [-0.39, 0.29) is 12.3 Å². The van der Waals surface area contributed by atoms with E-state index >= 15 is 0 Å². The predicted molar refractivity (Wildman–Crippen MR) is 24.5 cm³/mol. The van der Waals surface area contributed by atoms with Crippen molar-refractivity contribution >= 4 is 12.6 Å². The fourth-order valence-corrected chi connectivity index (χ4v) is 0.0791. The van der Waals surface area contributed by atoms with Crippen LogP contribution in [0.3, 0.4) is 0 Å². The quantitative estimate of drug-likeness (QED) is 0.424. The van der Waals surface area contributed by atoms with Crippen LogP contribution in [0.2, 0.25) is 0 Å². The Bertz CT molecular complexity index is 67.9. The highest BCUT2D eigenvalue weighted by atomic mass is 16.1. The van der Waals surface area contributed by atoms with Crippen LogP contribution < -0.4 is 0 Å². The Balaban J connectivity index is 3.23. The molecule has 0 aliphatic heterocycles. The van der Waals surface area contributed by atoms with Crippen LogP contribution in [0.5, 0.6) is 0 Å². The smallest absolute Gasteiger partial charge is 0.245 e. The average molecular weight is 84.1 g/mol. The lowest BCUT2D eigenvalue weighted by Crippen LogP contribution is -1.84. The highest BCUT2D eigenvalue weighted by Crippen LogP contribution is 1.75. The van der Waals surface area contributed by atoms with Gasteiger partial charge in [-0.3, -0.25) is 4.79 Å². The van der Waals surface area contributed by atoms with E-state index in [4.69, 9.17) is 0 Å². The second-order valence-electron chi connectivity index (χ2n) is 0.802. The summed E-state index contributed by atoms with van der Waals surface area (Å²) in [5.41, 5.74) is 0. The number of hydrogen-bond donors (Lipinski definition) is 0. The molecule has 1 radical (unpaired) electrons. The normalized spacial score (nSPS) is 7.50. The van der Waals surface area contributed by atoms with Gasteiger partial charge in [0.05, 0.1) is 0 Å². The van der Waals surface area contributed by atoms with Gasteiger partial charge in [0, 0.05) is 6.42 Å². The third-order valence-electron chi connectivity index (χ3n) is 0.390. The summed E-state index contributed by atoms with van der Waals surface area (Å²) in [4.78, 5) is 12.9. The molecule has 0 spiro atoms. The van der Waals surface area contributed by atoms with E-state index in [1.165, 1.54) is 0 Å². The van der Waals surface area contributed by atoms with Gasteiger partial charge in [-0.15, -0.1) is 0 Å². The zero-order chi connectivity index (χ0) is 4.99. The van der Waals surface area contributed by atoms with Crippen molar-refractivity contribution in [2.45, 2.75) is 6.42 Å². The minimum Gasteiger partial charge on any atom is -0.273 e. The summed E-state index contributed by atoms with van der Waals surface area (Å²) in [5, 5.41) is 0. The van der Waals surface area contributed by atoms with Gasteiger partial charge in [0.2, 0.25) is 5.91 Å². The molecule has 2 nitrogen and oxygen atoms in total. The average Bonchev–Trinajstić information content (AvgIpc) is 1.65. The molecule has 0 N–H and O–H groups in total. The van der Waals surface area contributed by atoms with Crippen LogP contribution in [-0.2, 0) is 4.79 Å². The molecule has 0 rings (SSSR count). The van der Waals surface area contributed by atoms with Gasteiger partial charge in [-0.25, -0.2) is 4.99 Å². The number of aliphatic imine (C=N–C) groups is 1. The van der Waals surface area contributed by atoms with Crippen LogP contribution in [0, 0.1) is 6.92 Å². The molecule has 1 amide bonds. The number of rotatable bonds is 1. The Morgan fingerprint density at radius 3 is 2.33 bits per heavy atom. The van der Waals surface area contributed by atoms with Gasteiger partial charge in [-0.1, -0.05) is 0 Å². The van der Waals surface area contributed by atoms with Crippen LogP contribution in [0.4, 0.5) is 0 Å². The molecule has 0 aromatic rings. The van der Waals surface area contributed by atoms with Gasteiger partial charge < -0.3 is 0 Å². The van der Waals surface area contributed by atoms with Crippen molar-refractivity contribution in [1.29, 1.82) is 0 Å². The number of hydrogen-bond acceptors (Lipinski definition) is 1. The van der Waals surface area contributed by atoms with Crippen molar-refractivity contribution in [2.75, 3.05) is 0 Å². The highest BCUT2D eigenvalue weighted by Gasteiger charge is 1.83. The van der Waals surface area contributed by atoms with Crippen molar-refractivity contribution in [3.63, 3.8) is 0 Å². The molecule has 0 fully saturated rings. The lowest BCUT2D eigenvalue weighted by Gasteiger charge is -1.75. The number of carbonyl (C=O) groups excluding carboxylic acids is 1. The van der Waals surface area contributed by atoms with Crippen LogP contribution >= 0.6 is 0 Å². The van der Waals surface area contributed by atoms with Crippen molar-refractivity contribution in [2.24, 2.45) is 4.99 Å². The van der Waals surface area contributed by atoms with Crippen LogP contribution in [0.25, 0.3) is 0 Å². The molecule has 0 aliphatic rings.